The van der Waals surface area contributed by atoms with Crippen molar-refractivity contribution in [1.29, 1.82) is 0 Å². The highest BCUT2D eigenvalue weighted by molar-refractivity contribution is 7.92. The van der Waals surface area contributed by atoms with E-state index >= 15 is 0 Å². The molecule has 0 aliphatic rings. The van der Waals surface area contributed by atoms with Gasteiger partial charge >= 0.3 is 11.9 Å². The van der Waals surface area contributed by atoms with E-state index in [0.717, 1.165) is 25.3 Å². The lowest BCUT2D eigenvalue weighted by atomic mass is 10.1. The molecule has 1 amide bonds. The summed E-state index contributed by atoms with van der Waals surface area (Å²) in [5.41, 5.74) is 0.559. The van der Waals surface area contributed by atoms with Crippen LogP contribution in [-0.4, -0.2) is 47.0 Å². The number of nitrogens with one attached hydrogen (secondary N) is 2. The molecule has 2 aromatic carbocycles. The molecule has 0 aliphatic carbocycles. The molecule has 2 aromatic rings. The molecule has 0 bridgehead atoms. The van der Waals surface area contributed by atoms with E-state index in [1.807, 2.05) is 0 Å². The maximum Gasteiger partial charge on any atom is 0.337 e. The predicted molar refractivity (Wildman–Crippen MR) is 104 cm³/mol. The summed E-state index contributed by atoms with van der Waals surface area (Å²) in [5, 5.41) is 2.38. The molecule has 0 aromatic heterocycles. The third kappa shape index (κ3) is 6.01. The number of hydrogen-bond acceptors (Lipinski definition) is 7. The largest absolute Gasteiger partial charge is 0.468 e. The predicted octanol–water partition coefficient (Wildman–Crippen LogP) is 1.24. The molecule has 2 rings (SSSR count). The number of carbonyl (C=O) groups excluding carboxylic acids is 3. The Morgan fingerprint density at radius 3 is 2.27 bits per heavy atom. The highest BCUT2D eigenvalue weighted by atomic mass is 32.2. The SMILES string of the molecule is COC(=O)CNC(=O)Cc1ccc(NS(=O)(=O)c2cc(C(=O)OC)ccc2F)cc1. The zero-order valence-electron chi connectivity index (χ0n) is 16.1. The van der Waals surface area contributed by atoms with Crippen molar-refractivity contribution < 1.29 is 36.7 Å². The first-order valence-electron chi connectivity index (χ1n) is 8.49. The smallest absolute Gasteiger partial charge is 0.337 e. The van der Waals surface area contributed by atoms with E-state index in [1.54, 1.807) is 0 Å². The van der Waals surface area contributed by atoms with Crippen LogP contribution in [0.4, 0.5) is 10.1 Å². The third-order valence-corrected chi connectivity index (χ3v) is 5.27. The quantitative estimate of drug-likeness (QED) is 0.594. The van der Waals surface area contributed by atoms with Crippen LogP contribution in [-0.2, 0) is 35.5 Å². The van der Waals surface area contributed by atoms with Gasteiger partial charge in [0.05, 0.1) is 26.2 Å². The Morgan fingerprint density at radius 2 is 1.67 bits per heavy atom. The summed E-state index contributed by atoms with van der Waals surface area (Å²) in [6, 6.07) is 8.62. The second-order valence-corrected chi connectivity index (χ2v) is 7.62. The van der Waals surface area contributed by atoms with Crippen LogP contribution in [0.15, 0.2) is 47.4 Å². The lowest BCUT2D eigenvalue weighted by Crippen LogP contribution is -2.31. The van der Waals surface area contributed by atoms with Gasteiger partial charge < -0.3 is 14.8 Å². The fourth-order valence-electron chi connectivity index (χ4n) is 2.35. The van der Waals surface area contributed by atoms with Crippen molar-refractivity contribution in [2.24, 2.45) is 0 Å². The van der Waals surface area contributed by atoms with E-state index in [2.05, 4.69) is 19.5 Å². The van der Waals surface area contributed by atoms with E-state index in [-0.39, 0.29) is 24.2 Å². The van der Waals surface area contributed by atoms with Crippen LogP contribution < -0.4 is 10.0 Å². The number of sulfonamides is 1. The van der Waals surface area contributed by atoms with Crippen molar-refractivity contribution >= 4 is 33.6 Å². The maximum absolute atomic E-state index is 14.0. The van der Waals surface area contributed by atoms with Gasteiger partial charge in [-0.2, -0.15) is 0 Å². The Hall–Kier alpha value is -3.47. The summed E-state index contributed by atoms with van der Waals surface area (Å²) < 4.78 is 50.2. The third-order valence-electron chi connectivity index (χ3n) is 3.87. The zero-order valence-corrected chi connectivity index (χ0v) is 16.9. The van der Waals surface area contributed by atoms with E-state index in [0.29, 0.717) is 5.56 Å². The molecule has 9 nitrogen and oxygen atoms in total. The molecule has 0 aliphatic heterocycles. The molecule has 0 atom stereocenters. The van der Waals surface area contributed by atoms with Crippen molar-refractivity contribution in [2.45, 2.75) is 11.3 Å². The first-order valence-corrected chi connectivity index (χ1v) is 9.97. The fraction of sp³-hybridized carbons (Fsp3) is 0.211. The van der Waals surface area contributed by atoms with Gasteiger partial charge in [-0.1, -0.05) is 12.1 Å². The van der Waals surface area contributed by atoms with Crippen molar-refractivity contribution in [3.63, 3.8) is 0 Å². The summed E-state index contributed by atoms with van der Waals surface area (Å²) in [7, 11) is -2.01. The molecule has 0 unspecified atom stereocenters. The van der Waals surface area contributed by atoms with Crippen molar-refractivity contribution in [3.8, 4) is 0 Å². The summed E-state index contributed by atoms with van der Waals surface area (Å²) in [6.45, 7) is -0.260. The number of esters is 2. The van der Waals surface area contributed by atoms with Crippen LogP contribution in [0.5, 0.6) is 0 Å². The lowest BCUT2D eigenvalue weighted by molar-refractivity contribution is -0.141. The van der Waals surface area contributed by atoms with Crippen LogP contribution in [0.3, 0.4) is 0 Å². The van der Waals surface area contributed by atoms with E-state index in [1.165, 1.54) is 31.4 Å². The van der Waals surface area contributed by atoms with Gasteiger partial charge in [-0.25, -0.2) is 17.6 Å². The monoisotopic (exact) mass is 438 g/mol. The van der Waals surface area contributed by atoms with Gasteiger partial charge in [-0.05, 0) is 35.9 Å². The van der Waals surface area contributed by atoms with Crippen LogP contribution in [0.2, 0.25) is 0 Å². The highest BCUT2D eigenvalue weighted by Gasteiger charge is 2.22. The average molecular weight is 438 g/mol. The zero-order chi connectivity index (χ0) is 22.3. The number of ether oxygens (including phenoxy) is 2. The number of hydrogen-bond donors (Lipinski definition) is 2. The van der Waals surface area contributed by atoms with E-state index < -0.39 is 38.6 Å². The molecular weight excluding hydrogens is 419 g/mol. The topological polar surface area (TPSA) is 128 Å². The molecule has 0 spiro atoms. The van der Waals surface area contributed by atoms with Crippen molar-refractivity contribution in [3.05, 3.63) is 59.4 Å². The Kier molecular flexibility index (Phi) is 7.48. The number of benzene rings is 2. The second kappa shape index (κ2) is 9.83. The fourth-order valence-corrected chi connectivity index (χ4v) is 3.51. The summed E-state index contributed by atoms with van der Waals surface area (Å²) in [6.07, 6.45) is -0.0418. The Labute approximate surface area is 172 Å². The van der Waals surface area contributed by atoms with Crippen LogP contribution in [0.1, 0.15) is 15.9 Å². The molecular formula is C19H19FN2O7S. The van der Waals surface area contributed by atoms with Gasteiger partial charge in [0.1, 0.15) is 17.3 Å². The minimum Gasteiger partial charge on any atom is -0.468 e. The van der Waals surface area contributed by atoms with Gasteiger partial charge in [0.25, 0.3) is 10.0 Å². The van der Waals surface area contributed by atoms with Gasteiger partial charge in [0.2, 0.25) is 5.91 Å². The number of carbonyl (C=O) groups is 3. The molecule has 160 valence electrons. The van der Waals surface area contributed by atoms with Crippen LogP contribution >= 0.6 is 0 Å². The van der Waals surface area contributed by atoms with Crippen LogP contribution in [0, 0.1) is 5.82 Å². The van der Waals surface area contributed by atoms with E-state index in [9.17, 15) is 27.2 Å². The summed E-state index contributed by atoms with van der Waals surface area (Å²) in [5.74, 6) is -2.85. The normalized spacial score (nSPS) is 10.8. The molecule has 2 N–H and O–H groups in total. The first-order chi connectivity index (χ1) is 14.2. The summed E-state index contributed by atoms with van der Waals surface area (Å²) in [4.78, 5) is 33.6. The highest BCUT2D eigenvalue weighted by Crippen LogP contribution is 2.21. The Morgan fingerprint density at radius 1 is 1.00 bits per heavy atom. The molecule has 0 saturated heterocycles. The molecule has 0 saturated carbocycles. The number of amides is 1. The van der Waals surface area contributed by atoms with Crippen LogP contribution in [0.25, 0.3) is 0 Å². The number of rotatable bonds is 8. The molecule has 11 heteroatoms. The maximum atomic E-state index is 14.0. The first kappa shape index (κ1) is 22.8. The molecule has 0 fully saturated rings. The Bertz CT molecular complexity index is 1050. The number of methoxy groups -OCH3 is 2. The van der Waals surface area contributed by atoms with Gasteiger partial charge in [0, 0.05) is 5.69 Å². The van der Waals surface area contributed by atoms with Gasteiger partial charge in [-0.3, -0.25) is 14.3 Å². The number of anilines is 1. The lowest BCUT2D eigenvalue weighted by Gasteiger charge is -2.11. The van der Waals surface area contributed by atoms with Crippen molar-refractivity contribution in [1.82, 2.24) is 5.32 Å². The minimum absolute atomic E-state index is 0.0418. The van der Waals surface area contributed by atoms with E-state index in [4.69, 9.17) is 0 Å². The number of halogens is 1. The van der Waals surface area contributed by atoms with Gasteiger partial charge in [0.15, 0.2) is 0 Å². The molecule has 0 radical (unpaired) electrons. The summed E-state index contributed by atoms with van der Waals surface area (Å²) >= 11 is 0. The molecule has 0 heterocycles. The standard InChI is InChI=1S/C19H19FN2O7S/c1-28-18(24)11-21-17(23)9-12-3-6-14(7-4-12)22-30(26,27)16-10-13(19(25)29-2)5-8-15(16)20/h3-8,10,22H,9,11H2,1-2H3,(H,21,23). The molecule has 30 heavy (non-hydrogen) atoms. The average Bonchev–Trinajstić information content (AvgIpc) is 2.72. The van der Waals surface area contributed by atoms with Crippen molar-refractivity contribution in [2.75, 3.05) is 25.5 Å². The van der Waals surface area contributed by atoms with Gasteiger partial charge in [-0.15, -0.1) is 0 Å². The minimum atomic E-state index is -4.33. The second-order valence-electron chi connectivity index (χ2n) is 5.97. The Balaban J connectivity index is 2.10.